The highest BCUT2D eigenvalue weighted by Gasteiger charge is 2.21. The molecule has 0 radical (unpaired) electrons. The SMILES string of the molecule is CCn1cnc2c(Nc3ccc(NS(=O)(=O)CC(C)C)cc3)nc(NC3CCC(N)CC3)nc21. The minimum Gasteiger partial charge on any atom is -0.351 e. The van der Waals surface area contributed by atoms with E-state index in [1.54, 1.807) is 18.5 Å². The van der Waals surface area contributed by atoms with E-state index >= 15 is 0 Å². The molecule has 2 heterocycles. The molecule has 0 unspecified atom stereocenters. The Labute approximate surface area is 200 Å². The number of benzene rings is 1. The van der Waals surface area contributed by atoms with Crippen LogP contribution in [0, 0.1) is 5.92 Å². The zero-order chi connectivity index (χ0) is 24.3. The first-order chi connectivity index (χ1) is 16.2. The van der Waals surface area contributed by atoms with Crippen molar-refractivity contribution in [1.82, 2.24) is 19.5 Å². The fraction of sp³-hybridized carbons (Fsp3) is 0.522. The van der Waals surface area contributed by atoms with Crippen LogP contribution in [0.4, 0.5) is 23.1 Å². The highest BCUT2D eigenvalue weighted by molar-refractivity contribution is 7.92. The summed E-state index contributed by atoms with van der Waals surface area (Å²) in [7, 11) is -3.38. The van der Waals surface area contributed by atoms with Crippen molar-refractivity contribution in [3.05, 3.63) is 30.6 Å². The lowest BCUT2D eigenvalue weighted by Crippen LogP contribution is -2.33. The van der Waals surface area contributed by atoms with E-state index in [0.717, 1.165) is 43.6 Å². The number of nitrogens with zero attached hydrogens (tertiary/aromatic N) is 4. The van der Waals surface area contributed by atoms with Gasteiger partial charge in [-0.3, -0.25) is 4.72 Å². The molecule has 0 aliphatic heterocycles. The van der Waals surface area contributed by atoms with Gasteiger partial charge in [0.25, 0.3) is 0 Å². The maximum absolute atomic E-state index is 12.2. The quantitative estimate of drug-likeness (QED) is 0.359. The molecule has 1 fully saturated rings. The molecule has 4 rings (SSSR count). The van der Waals surface area contributed by atoms with Crippen LogP contribution in [0.25, 0.3) is 11.2 Å². The summed E-state index contributed by atoms with van der Waals surface area (Å²) in [6.45, 7) is 6.54. The van der Waals surface area contributed by atoms with E-state index in [1.807, 2.05) is 37.5 Å². The second-order valence-corrected chi connectivity index (χ2v) is 11.1. The number of imidazole rings is 1. The number of hydrogen-bond donors (Lipinski definition) is 4. The molecule has 5 N–H and O–H groups in total. The Bertz CT molecular complexity index is 1220. The maximum atomic E-state index is 12.2. The molecule has 2 aromatic heterocycles. The normalized spacial score (nSPS) is 18.9. The predicted molar refractivity (Wildman–Crippen MR) is 137 cm³/mol. The third-order valence-corrected chi connectivity index (χ3v) is 7.54. The van der Waals surface area contributed by atoms with E-state index in [0.29, 0.717) is 29.0 Å². The van der Waals surface area contributed by atoms with Crippen LogP contribution < -0.4 is 21.1 Å². The summed E-state index contributed by atoms with van der Waals surface area (Å²) in [5.41, 5.74) is 8.77. The monoisotopic (exact) mass is 486 g/mol. The minimum atomic E-state index is -3.38. The first-order valence-electron chi connectivity index (χ1n) is 11.8. The van der Waals surface area contributed by atoms with Crippen molar-refractivity contribution < 1.29 is 8.42 Å². The van der Waals surface area contributed by atoms with Crippen molar-refractivity contribution in [2.45, 2.75) is 65.1 Å². The summed E-state index contributed by atoms with van der Waals surface area (Å²) in [5.74, 6) is 1.29. The van der Waals surface area contributed by atoms with E-state index < -0.39 is 10.0 Å². The van der Waals surface area contributed by atoms with Gasteiger partial charge >= 0.3 is 0 Å². The van der Waals surface area contributed by atoms with Crippen LogP contribution in [-0.4, -0.2) is 45.8 Å². The second-order valence-electron chi connectivity index (χ2n) is 9.33. The number of anilines is 4. The van der Waals surface area contributed by atoms with Crippen LogP contribution in [-0.2, 0) is 16.6 Å². The fourth-order valence-electron chi connectivity index (χ4n) is 4.19. The maximum Gasteiger partial charge on any atom is 0.232 e. The lowest BCUT2D eigenvalue weighted by Gasteiger charge is -2.26. The predicted octanol–water partition coefficient (Wildman–Crippen LogP) is 3.67. The summed E-state index contributed by atoms with van der Waals surface area (Å²) >= 11 is 0. The number of hydrogen-bond acceptors (Lipinski definition) is 8. The molecule has 34 heavy (non-hydrogen) atoms. The van der Waals surface area contributed by atoms with Gasteiger partial charge in [0.15, 0.2) is 17.0 Å². The fourth-order valence-corrected chi connectivity index (χ4v) is 5.65. The van der Waals surface area contributed by atoms with E-state index in [-0.39, 0.29) is 17.7 Å². The molecule has 0 spiro atoms. The number of aryl methyl sites for hydroxylation is 1. The number of fused-ring (bicyclic) bond motifs is 1. The van der Waals surface area contributed by atoms with Gasteiger partial charge in [-0.15, -0.1) is 0 Å². The first-order valence-corrected chi connectivity index (χ1v) is 13.5. The summed E-state index contributed by atoms with van der Waals surface area (Å²) in [4.78, 5) is 14.0. The largest absolute Gasteiger partial charge is 0.351 e. The molecular formula is C23H34N8O2S. The topological polar surface area (TPSA) is 140 Å². The molecule has 184 valence electrons. The van der Waals surface area contributed by atoms with Crippen molar-refractivity contribution in [1.29, 1.82) is 0 Å². The smallest absolute Gasteiger partial charge is 0.232 e. The molecule has 11 heteroatoms. The van der Waals surface area contributed by atoms with E-state index in [1.165, 1.54) is 0 Å². The highest BCUT2D eigenvalue weighted by atomic mass is 32.2. The van der Waals surface area contributed by atoms with Crippen molar-refractivity contribution in [2.24, 2.45) is 11.7 Å². The van der Waals surface area contributed by atoms with Gasteiger partial charge < -0.3 is 20.9 Å². The van der Waals surface area contributed by atoms with Crippen LogP contribution in [0.15, 0.2) is 30.6 Å². The van der Waals surface area contributed by atoms with E-state index in [9.17, 15) is 8.42 Å². The van der Waals surface area contributed by atoms with Crippen LogP contribution in [0.1, 0.15) is 46.5 Å². The van der Waals surface area contributed by atoms with E-state index in [4.69, 9.17) is 15.7 Å². The van der Waals surface area contributed by atoms with Gasteiger partial charge in [-0.2, -0.15) is 9.97 Å². The zero-order valence-electron chi connectivity index (χ0n) is 20.0. The Morgan fingerprint density at radius 3 is 2.41 bits per heavy atom. The Balaban J connectivity index is 1.55. The first kappa shape index (κ1) is 24.2. The Morgan fingerprint density at radius 2 is 1.76 bits per heavy atom. The summed E-state index contributed by atoms with van der Waals surface area (Å²) in [6, 6.07) is 7.65. The standard InChI is InChI=1S/C23H34N8O2S/c1-4-31-14-25-20-21(28-23(29-22(20)31)27-18-7-5-16(24)6-8-18)26-17-9-11-19(12-10-17)30-34(32,33)13-15(2)3/h9-12,14-16,18,30H,4-8,13,24H2,1-3H3,(H2,26,27,28,29). The lowest BCUT2D eigenvalue weighted by atomic mass is 9.92. The molecule has 1 aliphatic carbocycles. The van der Waals surface area contributed by atoms with Gasteiger partial charge in [-0.1, -0.05) is 13.8 Å². The average Bonchev–Trinajstić information content (AvgIpc) is 3.19. The molecule has 3 aromatic rings. The molecule has 1 saturated carbocycles. The molecule has 0 bridgehead atoms. The lowest BCUT2D eigenvalue weighted by molar-refractivity contribution is 0.410. The highest BCUT2D eigenvalue weighted by Crippen LogP contribution is 2.27. The Hall–Kier alpha value is -2.92. The molecule has 10 nitrogen and oxygen atoms in total. The number of aromatic nitrogens is 4. The second kappa shape index (κ2) is 10.1. The van der Waals surface area contributed by atoms with Crippen LogP contribution in [0.5, 0.6) is 0 Å². The third-order valence-electron chi connectivity index (χ3n) is 5.88. The van der Waals surface area contributed by atoms with E-state index in [2.05, 4.69) is 20.3 Å². The van der Waals surface area contributed by atoms with Crippen molar-refractivity contribution >= 4 is 44.3 Å². The van der Waals surface area contributed by atoms with Crippen LogP contribution in [0.2, 0.25) is 0 Å². The molecule has 0 amide bonds. The van der Waals surface area contributed by atoms with Gasteiger partial charge in [0.05, 0.1) is 12.1 Å². The molecule has 1 aromatic carbocycles. The van der Waals surface area contributed by atoms with Gasteiger partial charge in [0.1, 0.15) is 0 Å². The van der Waals surface area contributed by atoms with Gasteiger partial charge in [-0.05, 0) is 62.8 Å². The molecular weight excluding hydrogens is 452 g/mol. The van der Waals surface area contributed by atoms with Crippen LogP contribution in [0.3, 0.4) is 0 Å². The zero-order valence-corrected chi connectivity index (χ0v) is 20.8. The minimum absolute atomic E-state index is 0.0506. The Kier molecular flexibility index (Phi) is 7.22. The average molecular weight is 487 g/mol. The van der Waals surface area contributed by atoms with Gasteiger partial charge in [0, 0.05) is 30.0 Å². The number of nitrogens with one attached hydrogen (secondary N) is 3. The molecule has 0 saturated heterocycles. The summed E-state index contributed by atoms with van der Waals surface area (Å²) < 4.78 is 29.0. The number of nitrogens with two attached hydrogens (primary N) is 1. The van der Waals surface area contributed by atoms with Gasteiger partial charge in [0.2, 0.25) is 16.0 Å². The van der Waals surface area contributed by atoms with Crippen molar-refractivity contribution in [2.75, 3.05) is 21.1 Å². The molecule has 1 aliphatic rings. The third kappa shape index (κ3) is 5.95. The van der Waals surface area contributed by atoms with Crippen molar-refractivity contribution in [3.8, 4) is 0 Å². The summed E-state index contributed by atoms with van der Waals surface area (Å²) in [6.07, 6.45) is 5.73. The molecule has 0 atom stereocenters. The number of sulfonamides is 1. The van der Waals surface area contributed by atoms with Crippen LogP contribution >= 0.6 is 0 Å². The van der Waals surface area contributed by atoms with Gasteiger partial charge in [-0.25, -0.2) is 13.4 Å². The summed E-state index contributed by atoms with van der Waals surface area (Å²) in [5, 5.41) is 6.80. The Morgan fingerprint density at radius 1 is 1.09 bits per heavy atom. The van der Waals surface area contributed by atoms with Crippen molar-refractivity contribution in [3.63, 3.8) is 0 Å². The number of rotatable bonds is 9.